The van der Waals surface area contributed by atoms with E-state index in [-0.39, 0.29) is 11.5 Å². The zero-order valence-corrected chi connectivity index (χ0v) is 18.6. The monoisotopic (exact) mass is 439 g/mol. The van der Waals surface area contributed by atoms with Crippen molar-refractivity contribution in [2.45, 2.75) is 6.54 Å². The molecule has 9 nitrogen and oxygen atoms in total. The van der Waals surface area contributed by atoms with Crippen molar-refractivity contribution in [1.29, 1.82) is 0 Å². The fourth-order valence-electron chi connectivity index (χ4n) is 3.95. The Morgan fingerprint density at radius 3 is 2.34 bits per heavy atom. The van der Waals surface area contributed by atoms with Crippen LogP contribution in [0, 0.1) is 0 Å². The van der Waals surface area contributed by atoms with Crippen molar-refractivity contribution in [2.24, 2.45) is 0 Å². The van der Waals surface area contributed by atoms with Gasteiger partial charge in [0.2, 0.25) is 0 Å². The van der Waals surface area contributed by atoms with Gasteiger partial charge in [-0.15, -0.1) is 0 Å². The van der Waals surface area contributed by atoms with Crippen LogP contribution < -0.4 is 5.56 Å². The van der Waals surface area contributed by atoms with Crippen LogP contribution in [0.3, 0.4) is 0 Å². The van der Waals surface area contributed by atoms with Crippen molar-refractivity contribution in [3.63, 3.8) is 0 Å². The van der Waals surface area contributed by atoms with Crippen LogP contribution >= 0.6 is 0 Å². The smallest absolute Gasteiger partial charge is 0.282 e. The maximum absolute atomic E-state index is 13.5. The van der Waals surface area contributed by atoms with Gasteiger partial charge in [0.05, 0.1) is 30.0 Å². The molecule has 3 aliphatic rings. The first-order chi connectivity index (χ1) is 15.6. The number of ether oxygens (including phenoxy) is 2. The van der Waals surface area contributed by atoms with E-state index in [0.717, 1.165) is 19.6 Å². The third kappa shape index (κ3) is 4.59. The molecule has 0 bridgehead atoms. The summed E-state index contributed by atoms with van der Waals surface area (Å²) in [6.45, 7) is 5.37. The average Bonchev–Trinajstić information content (AvgIpc) is 3.17. The molecule has 1 saturated heterocycles. The van der Waals surface area contributed by atoms with Crippen LogP contribution in [0.1, 0.15) is 10.4 Å². The fraction of sp³-hybridized carbons (Fsp3) is 0.435. The Labute approximate surface area is 187 Å². The molecule has 32 heavy (non-hydrogen) atoms. The molecule has 0 spiro atoms. The summed E-state index contributed by atoms with van der Waals surface area (Å²) in [5.74, 6) is -0.106. The van der Waals surface area contributed by atoms with Crippen molar-refractivity contribution < 1.29 is 14.3 Å². The molecule has 170 valence electrons. The molecule has 1 aromatic rings. The van der Waals surface area contributed by atoms with E-state index in [9.17, 15) is 9.59 Å². The van der Waals surface area contributed by atoms with Crippen molar-refractivity contribution >= 4 is 5.91 Å². The molecule has 1 fully saturated rings. The standard InChI is InChI=1S/C23H29N5O4/c1-31-14-12-25-8-10-27(11-9-25)22(29)19-16-26(13-15-32-2)17-20-21(19)24-28(23(20)30)18-6-4-3-5-7-18/h3-7,16-17H,8-15H2,1-2H3. The van der Waals surface area contributed by atoms with E-state index in [1.807, 2.05) is 39.8 Å². The number of hydrogen-bond acceptors (Lipinski definition) is 6. The zero-order chi connectivity index (χ0) is 22.5. The normalized spacial score (nSPS) is 14.9. The number of pyridine rings is 1. The number of benzene rings is 1. The Kier molecular flexibility index (Phi) is 6.99. The molecule has 3 heterocycles. The highest BCUT2D eigenvalue weighted by atomic mass is 16.5. The number of carbonyl (C=O) groups is 1. The number of piperazine rings is 1. The summed E-state index contributed by atoms with van der Waals surface area (Å²) in [6.07, 6.45) is 3.53. The molecule has 0 unspecified atom stereocenters. The van der Waals surface area contributed by atoms with Gasteiger partial charge in [-0.1, -0.05) is 18.2 Å². The Morgan fingerprint density at radius 1 is 0.969 bits per heavy atom. The summed E-state index contributed by atoms with van der Waals surface area (Å²) in [6, 6.07) is 9.25. The first-order valence-electron chi connectivity index (χ1n) is 10.8. The minimum atomic E-state index is -0.239. The topological polar surface area (TPSA) is 81.8 Å². The lowest BCUT2D eigenvalue weighted by Gasteiger charge is -2.34. The summed E-state index contributed by atoms with van der Waals surface area (Å²) in [5, 5.41) is 4.56. The number of rotatable bonds is 8. The van der Waals surface area contributed by atoms with E-state index >= 15 is 0 Å². The largest absolute Gasteiger partial charge is 0.383 e. The lowest BCUT2D eigenvalue weighted by Crippen LogP contribution is -2.49. The van der Waals surface area contributed by atoms with Crippen LogP contribution in [-0.4, -0.2) is 90.2 Å². The molecule has 0 aromatic heterocycles. The molecule has 0 N–H and O–H groups in total. The maximum atomic E-state index is 13.5. The molecule has 0 atom stereocenters. The molecular weight excluding hydrogens is 410 g/mol. The van der Waals surface area contributed by atoms with E-state index in [0.29, 0.717) is 55.4 Å². The summed E-state index contributed by atoms with van der Waals surface area (Å²) in [4.78, 5) is 30.8. The van der Waals surface area contributed by atoms with E-state index in [4.69, 9.17) is 9.47 Å². The fourth-order valence-corrected chi connectivity index (χ4v) is 3.95. The second-order valence-corrected chi connectivity index (χ2v) is 7.84. The second kappa shape index (κ2) is 10.1. The number of hydrogen-bond donors (Lipinski definition) is 0. The molecule has 4 rings (SSSR count). The van der Waals surface area contributed by atoms with Gasteiger partial charge in [0.1, 0.15) is 5.69 Å². The summed E-state index contributed by atoms with van der Waals surface area (Å²) < 4.78 is 13.6. The van der Waals surface area contributed by atoms with Gasteiger partial charge in [-0.25, -0.2) is 0 Å². The molecule has 9 heteroatoms. The van der Waals surface area contributed by atoms with Crippen LogP contribution in [-0.2, 0) is 16.0 Å². The van der Waals surface area contributed by atoms with Gasteiger partial charge in [-0.3, -0.25) is 14.5 Å². The predicted octanol–water partition coefficient (Wildman–Crippen LogP) is 1.19. The van der Waals surface area contributed by atoms with E-state index in [1.54, 1.807) is 26.6 Å². The quantitative estimate of drug-likeness (QED) is 0.525. The van der Waals surface area contributed by atoms with Crippen molar-refractivity contribution in [3.05, 3.63) is 58.6 Å². The highest BCUT2D eigenvalue weighted by molar-refractivity contribution is 6.00. The SMILES string of the molecule is COCCN1CCN(C(=O)c2cn(CCOC)cc3c(=O)n(-c4ccccc4)nc2-3)CC1. The first kappa shape index (κ1) is 22.2. The predicted molar refractivity (Wildman–Crippen MR) is 121 cm³/mol. The van der Waals surface area contributed by atoms with Crippen LogP contribution in [0.4, 0.5) is 0 Å². The van der Waals surface area contributed by atoms with Crippen molar-refractivity contribution in [1.82, 2.24) is 24.1 Å². The van der Waals surface area contributed by atoms with Gasteiger partial charge in [-0.05, 0) is 12.1 Å². The molecule has 0 radical (unpaired) electrons. The van der Waals surface area contributed by atoms with Gasteiger partial charge in [0.25, 0.3) is 11.5 Å². The Hall–Kier alpha value is -3.01. The van der Waals surface area contributed by atoms with Gasteiger partial charge in [0.15, 0.2) is 0 Å². The highest BCUT2D eigenvalue weighted by Gasteiger charge is 2.29. The van der Waals surface area contributed by atoms with Gasteiger partial charge in [-0.2, -0.15) is 9.78 Å². The summed E-state index contributed by atoms with van der Waals surface area (Å²) in [5.41, 5.74) is 1.73. The Morgan fingerprint density at radius 2 is 1.66 bits per heavy atom. The number of nitrogens with zero attached hydrogens (tertiary/aromatic N) is 5. The van der Waals surface area contributed by atoms with Gasteiger partial charge >= 0.3 is 0 Å². The lowest BCUT2D eigenvalue weighted by molar-refractivity contribution is 0.0593. The zero-order valence-electron chi connectivity index (χ0n) is 18.6. The third-order valence-corrected chi connectivity index (χ3v) is 5.78. The Bertz CT molecular complexity index is 1070. The summed E-state index contributed by atoms with van der Waals surface area (Å²) >= 11 is 0. The minimum Gasteiger partial charge on any atom is -0.383 e. The highest BCUT2D eigenvalue weighted by Crippen LogP contribution is 2.24. The molecule has 0 aliphatic carbocycles. The van der Waals surface area contributed by atoms with Crippen LogP contribution in [0.15, 0.2) is 47.5 Å². The number of carbonyl (C=O) groups excluding carboxylic acids is 1. The third-order valence-electron chi connectivity index (χ3n) is 5.78. The van der Waals surface area contributed by atoms with Crippen LogP contribution in [0.5, 0.6) is 0 Å². The van der Waals surface area contributed by atoms with E-state index in [1.165, 1.54) is 4.68 Å². The number of amides is 1. The van der Waals surface area contributed by atoms with Crippen LogP contribution in [0.2, 0.25) is 0 Å². The van der Waals surface area contributed by atoms with Crippen molar-refractivity contribution in [2.75, 3.05) is 60.2 Å². The molecule has 1 amide bonds. The molecule has 3 aliphatic heterocycles. The van der Waals surface area contributed by atoms with Gasteiger partial charge in [0, 0.05) is 65.9 Å². The number of methoxy groups -OCH3 is 2. The van der Waals surface area contributed by atoms with Crippen molar-refractivity contribution in [3.8, 4) is 16.9 Å². The maximum Gasteiger partial charge on any atom is 0.282 e. The Balaban J connectivity index is 1.68. The lowest BCUT2D eigenvalue weighted by atomic mass is 10.1. The van der Waals surface area contributed by atoms with E-state index in [2.05, 4.69) is 10.00 Å². The van der Waals surface area contributed by atoms with Gasteiger partial charge < -0.3 is 18.9 Å². The average molecular weight is 440 g/mol. The minimum absolute atomic E-state index is 0.106. The van der Waals surface area contributed by atoms with E-state index < -0.39 is 0 Å². The first-order valence-corrected chi connectivity index (χ1v) is 10.8. The molecule has 0 saturated carbocycles. The molecular formula is C23H29N5O4. The number of para-hydroxylation sites is 1. The number of aromatic nitrogens is 3. The second-order valence-electron chi connectivity index (χ2n) is 7.84. The summed E-state index contributed by atoms with van der Waals surface area (Å²) in [7, 11) is 3.32. The molecule has 1 aromatic carbocycles. The number of fused-ring (bicyclic) bond motifs is 1. The van der Waals surface area contributed by atoms with Crippen LogP contribution in [0.25, 0.3) is 16.9 Å².